The van der Waals surface area contributed by atoms with Crippen molar-refractivity contribution in [2.45, 2.75) is 20.5 Å². The Balaban J connectivity index is 1.72. The van der Waals surface area contributed by atoms with E-state index in [0.29, 0.717) is 6.61 Å². The predicted octanol–water partition coefficient (Wildman–Crippen LogP) is 5.56. The van der Waals surface area contributed by atoms with Gasteiger partial charge in [-0.3, -0.25) is 0 Å². The maximum atomic E-state index is 5.94. The van der Waals surface area contributed by atoms with Crippen molar-refractivity contribution < 1.29 is 9.47 Å². The predicted molar refractivity (Wildman–Crippen MR) is 98.7 cm³/mol. The van der Waals surface area contributed by atoms with Gasteiger partial charge in [0.1, 0.15) is 18.1 Å². The summed E-state index contributed by atoms with van der Waals surface area (Å²) in [6, 6.07) is 22.7. The number of methoxy groups -OCH3 is 1. The second-order valence-corrected chi connectivity index (χ2v) is 5.93. The number of ether oxygens (including phenoxy) is 2. The first-order chi connectivity index (χ1) is 11.7. The Kier molecular flexibility index (Phi) is 4.85. The van der Waals surface area contributed by atoms with Crippen LogP contribution in [0.4, 0.5) is 0 Å². The van der Waals surface area contributed by atoms with Crippen molar-refractivity contribution in [1.82, 2.24) is 0 Å². The van der Waals surface area contributed by atoms with Crippen molar-refractivity contribution in [2.24, 2.45) is 0 Å². The lowest BCUT2D eigenvalue weighted by Crippen LogP contribution is -2.00. The molecule has 3 aromatic carbocycles. The van der Waals surface area contributed by atoms with Crippen molar-refractivity contribution in [3.8, 4) is 22.6 Å². The van der Waals surface area contributed by atoms with Crippen LogP contribution in [-0.4, -0.2) is 7.11 Å². The second kappa shape index (κ2) is 7.22. The van der Waals surface area contributed by atoms with Crippen LogP contribution in [0.25, 0.3) is 11.1 Å². The van der Waals surface area contributed by atoms with Crippen molar-refractivity contribution in [3.05, 3.63) is 83.4 Å². The van der Waals surface area contributed by atoms with E-state index in [-0.39, 0.29) is 0 Å². The minimum Gasteiger partial charge on any atom is -0.496 e. The number of hydrogen-bond donors (Lipinski definition) is 0. The van der Waals surface area contributed by atoms with Gasteiger partial charge < -0.3 is 9.47 Å². The first-order valence-electron chi connectivity index (χ1n) is 8.10. The zero-order valence-corrected chi connectivity index (χ0v) is 14.4. The molecule has 0 aromatic heterocycles. The van der Waals surface area contributed by atoms with Gasteiger partial charge in [0.15, 0.2) is 0 Å². The van der Waals surface area contributed by atoms with Crippen molar-refractivity contribution in [3.63, 3.8) is 0 Å². The Bertz CT molecular complexity index is 805. The summed E-state index contributed by atoms with van der Waals surface area (Å²) in [6.45, 7) is 4.69. The average Bonchev–Trinajstić information content (AvgIpc) is 2.63. The average molecular weight is 318 g/mol. The highest BCUT2D eigenvalue weighted by Gasteiger charge is 2.07. The summed E-state index contributed by atoms with van der Waals surface area (Å²) in [5.41, 5.74) is 5.93. The fraction of sp³-hybridized carbons (Fsp3) is 0.182. The smallest absolute Gasteiger partial charge is 0.125 e. The van der Waals surface area contributed by atoms with E-state index in [9.17, 15) is 0 Å². The number of hydrogen-bond acceptors (Lipinski definition) is 2. The summed E-state index contributed by atoms with van der Waals surface area (Å²) in [5, 5.41) is 0. The summed E-state index contributed by atoms with van der Waals surface area (Å²) in [7, 11) is 1.70. The van der Waals surface area contributed by atoms with Crippen LogP contribution >= 0.6 is 0 Å². The van der Waals surface area contributed by atoms with Gasteiger partial charge in [0, 0.05) is 5.56 Å². The van der Waals surface area contributed by atoms with E-state index in [4.69, 9.17) is 9.47 Å². The summed E-state index contributed by atoms with van der Waals surface area (Å²) in [5.74, 6) is 1.73. The maximum Gasteiger partial charge on any atom is 0.125 e. The van der Waals surface area contributed by atoms with Gasteiger partial charge in [0.2, 0.25) is 0 Å². The molecule has 0 radical (unpaired) electrons. The van der Waals surface area contributed by atoms with Gasteiger partial charge >= 0.3 is 0 Å². The molecule has 3 aromatic rings. The Hall–Kier alpha value is -2.74. The topological polar surface area (TPSA) is 18.5 Å². The quantitative estimate of drug-likeness (QED) is 0.613. The monoisotopic (exact) mass is 318 g/mol. The van der Waals surface area contributed by atoms with Gasteiger partial charge in [-0.15, -0.1) is 0 Å². The molecule has 0 aliphatic heterocycles. The van der Waals surface area contributed by atoms with E-state index in [1.807, 2.05) is 30.3 Å². The number of aryl methyl sites for hydroxylation is 2. The number of rotatable bonds is 5. The fourth-order valence-electron chi connectivity index (χ4n) is 2.69. The van der Waals surface area contributed by atoms with E-state index < -0.39 is 0 Å². The van der Waals surface area contributed by atoms with Crippen LogP contribution in [0, 0.1) is 13.8 Å². The van der Waals surface area contributed by atoms with E-state index in [1.54, 1.807) is 7.11 Å². The molecule has 0 saturated heterocycles. The van der Waals surface area contributed by atoms with Gasteiger partial charge in [-0.1, -0.05) is 42.5 Å². The van der Waals surface area contributed by atoms with Crippen LogP contribution in [0.2, 0.25) is 0 Å². The third-order valence-electron chi connectivity index (χ3n) is 4.25. The highest BCUT2D eigenvalue weighted by Crippen LogP contribution is 2.26. The third kappa shape index (κ3) is 3.60. The lowest BCUT2D eigenvalue weighted by molar-refractivity contribution is 0.296. The maximum absolute atomic E-state index is 5.94. The first kappa shape index (κ1) is 16.1. The molecular formula is C22H22O2. The minimum atomic E-state index is 0.495. The van der Waals surface area contributed by atoms with Gasteiger partial charge in [0.05, 0.1) is 7.11 Å². The van der Waals surface area contributed by atoms with Gasteiger partial charge in [-0.05, 0) is 60.4 Å². The highest BCUT2D eigenvalue weighted by atomic mass is 16.5. The normalized spacial score (nSPS) is 10.5. The Morgan fingerprint density at radius 3 is 2.04 bits per heavy atom. The molecule has 24 heavy (non-hydrogen) atoms. The molecule has 0 fully saturated rings. The van der Waals surface area contributed by atoms with E-state index in [2.05, 4.69) is 50.2 Å². The summed E-state index contributed by atoms with van der Waals surface area (Å²) in [6.07, 6.45) is 0. The molecule has 2 heteroatoms. The zero-order valence-electron chi connectivity index (χ0n) is 14.4. The Morgan fingerprint density at radius 2 is 1.38 bits per heavy atom. The molecular weight excluding hydrogens is 296 g/mol. The molecule has 0 aliphatic carbocycles. The van der Waals surface area contributed by atoms with Crippen LogP contribution in [0.15, 0.2) is 66.7 Å². The van der Waals surface area contributed by atoms with E-state index >= 15 is 0 Å². The SMILES string of the molecule is COc1cc(C)c(C)cc1COc1ccc(-c2ccccc2)cc1. The summed E-state index contributed by atoms with van der Waals surface area (Å²) < 4.78 is 11.4. The van der Waals surface area contributed by atoms with E-state index in [0.717, 1.165) is 17.1 Å². The standard InChI is InChI=1S/C22H22O2/c1-16-13-20(22(23-3)14-17(16)2)15-24-21-11-9-19(10-12-21)18-7-5-4-6-8-18/h4-14H,15H2,1-3H3. The lowest BCUT2D eigenvalue weighted by atomic mass is 10.1. The molecule has 0 atom stereocenters. The molecule has 0 saturated carbocycles. The molecule has 0 heterocycles. The molecule has 0 unspecified atom stereocenters. The van der Waals surface area contributed by atoms with Gasteiger partial charge in [-0.2, -0.15) is 0 Å². The minimum absolute atomic E-state index is 0.495. The largest absolute Gasteiger partial charge is 0.496 e. The molecule has 0 amide bonds. The summed E-state index contributed by atoms with van der Waals surface area (Å²) >= 11 is 0. The third-order valence-corrected chi connectivity index (χ3v) is 4.25. The fourth-order valence-corrected chi connectivity index (χ4v) is 2.69. The van der Waals surface area contributed by atoms with Gasteiger partial charge in [-0.25, -0.2) is 0 Å². The molecule has 0 N–H and O–H groups in total. The molecule has 2 nitrogen and oxygen atoms in total. The van der Waals surface area contributed by atoms with Crippen molar-refractivity contribution in [2.75, 3.05) is 7.11 Å². The molecule has 3 rings (SSSR count). The zero-order chi connectivity index (χ0) is 16.9. The van der Waals surface area contributed by atoms with Crippen molar-refractivity contribution >= 4 is 0 Å². The van der Waals surface area contributed by atoms with Crippen LogP contribution in [0.1, 0.15) is 16.7 Å². The van der Waals surface area contributed by atoms with E-state index in [1.165, 1.54) is 22.3 Å². The number of benzene rings is 3. The molecule has 0 aliphatic rings. The van der Waals surface area contributed by atoms with Gasteiger partial charge in [0.25, 0.3) is 0 Å². The molecule has 0 spiro atoms. The Labute approximate surface area is 143 Å². The van der Waals surface area contributed by atoms with Crippen molar-refractivity contribution in [1.29, 1.82) is 0 Å². The highest BCUT2D eigenvalue weighted by molar-refractivity contribution is 5.63. The first-order valence-corrected chi connectivity index (χ1v) is 8.10. The second-order valence-electron chi connectivity index (χ2n) is 5.93. The van der Waals surface area contributed by atoms with Crippen LogP contribution in [0.5, 0.6) is 11.5 Å². The summed E-state index contributed by atoms with van der Waals surface area (Å²) in [4.78, 5) is 0. The van der Waals surface area contributed by atoms with Crippen LogP contribution in [-0.2, 0) is 6.61 Å². The lowest BCUT2D eigenvalue weighted by Gasteiger charge is -2.13. The molecule has 122 valence electrons. The van der Waals surface area contributed by atoms with Crippen LogP contribution in [0.3, 0.4) is 0 Å². The molecule has 0 bridgehead atoms. The Morgan fingerprint density at radius 1 is 0.750 bits per heavy atom. The van der Waals surface area contributed by atoms with Crippen LogP contribution < -0.4 is 9.47 Å².